The first kappa shape index (κ1) is 22.7. The molecule has 2 heterocycles. The topological polar surface area (TPSA) is 94.6 Å². The quantitative estimate of drug-likeness (QED) is 0.554. The fourth-order valence-electron chi connectivity index (χ4n) is 3.53. The van der Waals surface area contributed by atoms with Gasteiger partial charge in [-0.2, -0.15) is 4.31 Å². The Labute approximate surface area is 191 Å². The molecular weight excluding hydrogens is 460 g/mol. The lowest BCUT2D eigenvalue weighted by Gasteiger charge is -2.34. The van der Waals surface area contributed by atoms with E-state index in [2.05, 4.69) is 9.64 Å². The standard InChI is InChI=1S/C21H23ClN2O7S/c1-28-21(25)13-29-18-5-3-16(11-17(18)22)32(26,27)24-8-6-23(7-9-24)12-15-2-4-19-20(10-15)31-14-30-19/h2-5,10-11H,6-9,12-14H2,1H3. The summed E-state index contributed by atoms with van der Waals surface area (Å²) in [5, 5.41) is 0.108. The molecule has 0 saturated carbocycles. The van der Waals surface area contributed by atoms with E-state index in [9.17, 15) is 13.2 Å². The molecule has 0 unspecified atom stereocenters. The molecule has 2 aliphatic rings. The van der Waals surface area contributed by atoms with Crippen molar-refractivity contribution in [1.82, 2.24) is 9.21 Å². The average Bonchev–Trinajstić information content (AvgIpc) is 3.26. The Morgan fingerprint density at radius 1 is 1.06 bits per heavy atom. The highest BCUT2D eigenvalue weighted by Gasteiger charge is 2.29. The Morgan fingerprint density at radius 3 is 2.53 bits per heavy atom. The number of halogens is 1. The molecule has 172 valence electrons. The number of esters is 1. The van der Waals surface area contributed by atoms with Gasteiger partial charge in [-0.1, -0.05) is 17.7 Å². The number of carbonyl (C=O) groups is 1. The second-order valence-corrected chi connectivity index (χ2v) is 9.67. The van der Waals surface area contributed by atoms with E-state index >= 15 is 0 Å². The van der Waals surface area contributed by atoms with Crippen molar-refractivity contribution in [1.29, 1.82) is 0 Å². The van der Waals surface area contributed by atoms with Gasteiger partial charge in [0.05, 0.1) is 17.0 Å². The van der Waals surface area contributed by atoms with Crippen LogP contribution in [0.25, 0.3) is 0 Å². The number of piperazine rings is 1. The normalized spacial score (nSPS) is 16.7. The van der Waals surface area contributed by atoms with Gasteiger partial charge in [-0.3, -0.25) is 4.90 Å². The molecule has 0 N–H and O–H groups in total. The maximum absolute atomic E-state index is 13.1. The van der Waals surface area contributed by atoms with Gasteiger partial charge in [0.15, 0.2) is 18.1 Å². The highest BCUT2D eigenvalue weighted by molar-refractivity contribution is 7.89. The van der Waals surface area contributed by atoms with Crippen LogP contribution < -0.4 is 14.2 Å². The molecule has 32 heavy (non-hydrogen) atoms. The van der Waals surface area contributed by atoms with E-state index in [0.29, 0.717) is 32.7 Å². The fourth-order valence-corrected chi connectivity index (χ4v) is 5.28. The van der Waals surface area contributed by atoms with Crippen molar-refractivity contribution in [3.05, 3.63) is 47.0 Å². The molecule has 2 aromatic carbocycles. The van der Waals surface area contributed by atoms with Crippen LogP contribution in [0.5, 0.6) is 17.2 Å². The van der Waals surface area contributed by atoms with Gasteiger partial charge in [0, 0.05) is 32.7 Å². The van der Waals surface area contributed by atoms with E-state index in [-0.39, 0.29) is 29.1 Å². The largest absolute Gasteiger partial charge is 0.480 e. The van der Waals surface area contributed by atoms with Gasteiger partial charge in [0.2, 0.25) is 16.8 Å². The number of benzene rings is 2. The maximum atomic E-state index is 13.1. The van der Waals surface area contributed by atoms with Crippen LogP contribution in [0.2, 0.25) is 5.02 Å². The Hall–Kier alpha value is -2.53. The van der Waals surface area contributed by atoms with E-state index in [1.54, 1.807) is 0 Å². The molecule has 0 amide bonds. The van der Waals surface area contributed by atoms with Crippen LogP contribution in [0, 0.1) is 0 Å². The van der Waals surface area contributed by atoms with E-state index in [4.69, 9.17) is 25.8 Å². The van der Waals surface area contributed by atoms with Crippen LogP contribution in [-0.2, 0) is 26.1 Å². The Bertz CT molecular complexity index is 1100. The predicted octanol–water partition coefficient (Wildman–Crippen LogP) is 2.13. The van der Waals surface area contributed by atoms with Crippen LogP contribution in [-0.4, -0.2) is 70.3 Å². The third-order valence-electron chi connectivity index (χ3n) is 5.29. The van der Waals surface area contributed by atoms with E-state index in [1.165, 1.54) is 29.6 Å². The van der Waals surface area contributed by atoms with Gasteiger partial charge >= 0.3 is 5.97 Å². The summed E-state index contributed by atoms with van der Waals surface area (Å²) in [6.07, 6.45) is 0. The van der Waals surface area contributed by atoms with Crippen LogP contribution in [0.15, 0.2) is 41.3 Å². The number of fused-ring (bicyclic) bond motifs is 1. The van der Waals surface area contributed by atoms with Crippen LogP contribution >= 0.6 is 11.6 Å². The van der Waals surface area contributed by atoms with Crippen molar-refractivity contribution >= 4 is 27.6 Å². The van der Waals surface area contributed by atoms with E-state index < -0.39 is 16.0 Å². The summed E-state index contributed by atoms with van der Waals surface area (Å²) < 4.78 is 48.1. The van der Waals surface area contributed by atoms with E-state index in [1.807, 2.05) is 18.2 Å². The molecule has 0 bridgehead atoms. The first-order valence-corrected chi connectivity index (χ1v) is 11.8. The van der Waals surface area contributed by atoms with Crippen molar-refractivity contribution in [2.75, 3.05) is 46.7 Å². The highest BCUT2D eigenvalue weighted by atomic mass is 35.5. The number of methoxy groups -OCH3 is 1. The summed E-state index contributed by atoms with van der Waals surface area (Å²) in [6.45, 7) is 2.55. The van der Waals surface area contributed by atoms with Gasteiger partial charge in [0.25, 0.3) is 0 Å². The number of ether oxygens (including phenoxy) is 4. The van der Waals surface area contributed by atoms with Gasteiger partial charge in [0.1, 0.15) is 5.75 Å². The monoisotopic (exact) mass is 482 g/mol. The number of nitrogens with zero attached hydrogens (tertiary/aromatic N) is 2. The molecule has 0 radical (unpaired) electrons. The van der Waals surface area contributed by atoms with Crippen molar-refractivity contribution in [3.8, 4) is 17.2 Å². The SMILES string of the molecule is COC(=O)COc1ccc(S(=O)(=O)N2CCN(Cc3ccc4c(c3)OCO4)CC2)cc1Cl. The lowest BCUT2D eigenvalue weighted by molar-refractivity contribution is -0.142. The zero-order valence-electron chi connectivity index (χ0n) is 17.5. The molecule has 4 rings (SSSR count). The van der Waals surface area contributed by atoms with Crippen LogP contribution in [0.4, 0.5) is 0 Å². The smallest absolute Gasteiger partial charge is 0.343 e. The zero-order valence-corrected chi connectivity index (χ0v) is 19.0. The molecule has 11 heteroatoms. The minimum Gasteiger partial charge on any atom is -0.480 e. The fraction of sp³-hybridized carbons (Fsp3) is 0.381. The van der Waals surface area contributed by atoms with Crippen molar-refractivity contribution in [2.24, 2.45) is 0 Å². The van der Waals surface area contributed by atoms with E-state index in [0.717, 1.165) is 17.1 Å². The highest BCUT2D eigenvalue weighted by Crippen LogP contribution is 2.33. The van der Waals surface area contributed by atoms with Gasteiger partial charge in [-0.25, -0.2) is 13.2 Å². The minimum absolute atomic E-state index is 0.0807. The number of hydrogen-bond acceptors (Lipinski definition) is 8. The lowest BCUT2D eigenvalue weighted by atomic mass is 10.2. The molecule has 2 aromatic rings. The second kappa shape index (κ2) is 9.53. The second-order valence-electron chi connectivity index (χ2n) is 7.32. The summed E-state index contributed by atoms with van der Waals surface area (Å²) in [5.41, 5.74) is 1.08. The van der Waals surface area contributed by atoms with Gasteiger partial charge < -0.3 is 18.9 Å². The van der Waals surface area contributed by atoms with Crippen LogP contribution in [0.3, 0.4) is 0 Å². The number of hydrogen-bond donors (Lipinski definition) is 0. The Balaban J connectivity index is 1.36. The van der Waals surface area contributed by atoms with Crippen molar-refractivity contribution < 1.29 is 32.2 Å². The van der Waals surface area contributed by atoms with Gasteiger partial charge in [-0.15, -0.1) is 0 Å². The molecule has 1 saturated heterocycles. The number of sulfonamides is 1. The average molecular weight is 483 g/mol. The third kappa shape index (κ3) is 4.93. The Kier molecular flexibility index (Phi) is 6.75. The molecule has 1 fully saturated rings. The summed E-state index contributed by atoms with van der Waals surface area (Å²) in [6, 6.07) is 10.0. The third-order valence-corrected chi connectivity index (χ3v) is 7.48. The first-order chi connectivity index (χ1) is 15.4. The minimum atomic E-state index is -3.70. The van der Waals surface area contributed by atoms with Crippen LogP contribution in [0.1, 0.15) is 5.56 Å². The summed E-state index contributed by atoms with van der Waals surface area (Å²) >= 11 is 6.17. The summed E-state index contributed by atoms with van der Waals surface area (Å²) in [7, 11) is -2.46. The zero-order chi connectivity index (χ0) is 22.7. The summed E-state index contributed by atoms with van der Waals surface area (Å²) in [4.78, 5) is 13.5. The number of carbonyl (C=O) groups excluding carboxylic acids is 1. The molecule has 0 aliphatic carbocycles. The molecular formula is C21H23ClN2O7S. The molecule has 2 aliphatic heterocycles. The molecule has 9 nitrogen and oxygen atoms in total. The van der Waals surface area contributed by atoms with Gasteiger partial charge in [-0.05, 0) is 35.9 Å². The maximum Gasteiger partial charge on any atom is 0.343 e. The molecule has 0 aromatic heterocycles. The Morgan fingerprint density at radius 2 is 1.81 bits per heavy atom. The van der Waals surface area contributed by atoms with Crippen molar-refractivity contribution in [3.63, 3.8) is 0 Å². The molecule has 0 spiro atoms. The summed E-state index contributed by atoms with van der Waals surface area (Å²) in [5.74, 6) is 1.13. The lowest BCUT2D eigenvalue weighted by Crippen LogP contribution is -2.48. The number of rotatable bonds is 7. The first-order valence-electron chi connectivity index (χ1n) is 9.97. The van der Waals surface area contributed by atoms with Crippen molar-refractivity contribution in [2.45, 2.75) is 11.4 Å². The predicted molar refractivity (Wildman–Crippen MR) is 116 cm³/mol. The molecule has 0 atom stereocenters.